The van der Waals surface area contributed by atoms with Gasteiger partial charge in [-0.05, 0) is 43.4 Å². The van der Waals surface area contributed by atoms with Crippen LogP contribution in [0.25, 0.3) is 0 Å². The molecule has 1 aromatic carbocycles. The third-order valence-corrected chi connectivity index (χ3v) is 7.09. The van der Waals surface area contributed by atoms with Crippen molar-refractivity contribution in [3.63, 3.8) is 0 Å². The average molecular weight is 366 g/mol. The van der Waals surface area contributed by atoms with Gasteiger partial charge in [0, 0.05) is 19.5 Å². The van der Waals surface area contributed by atoms with Gasteiger partial charge in [0.15, 0.2) is 0 Å². The molecule has 1 saturated carbocycles. The van der Waals surface area contributed by atoms with Crippen LogP contribution < -0.4 is 5.32 Å². The SMILES string of the molecule is O=C(CCC1CCCC1)Nc1cc(S(=O)(=O)N2CCCC2)ccc1O. The lowest BCUT2D eigenvalue weighted by Crippen LogP contribution is -2.28. The van der Waals surface area contributed by atoms with Crippen molar-refractivity contribution in [3.8, 4) is 5.75 Å². The Balaban J connectivity index is 1.67. The molecule has 0 atom stereocenters. The standard InChI is InChI=1S/C18H26N2O4S/c21-17-9-8-15(25(23,24)20-11-3-4-12-20)13-16(17)19-18(22)10-7-14-5-1-2-6-14/h8-9,13-14,21H,1-7,10-12H2,(H,19,22). The van der Waals surface area contributed by atoms with Gasteiger partial charge in [0.05, 0.1) is 10.6 Å². The second-order valence-corrected chi connectivity index (χ2v) is 8.97. The molecule has 2 fully saturated rings. The molecule has 25 heavy (non-hydrogen) atoms. The van der Waals surface area contributed by atoms with Crippen LogP contribution in [0.3, 0.4) is 0 Å². The van der Waals surface area contributed by atoms with Crippen molar-refractivity contribution >= 4 is 21.6 Å². The van der Waals surface area contributed by atoms with Crippen LogP contribution in [0.1, 0.15) is 51.4 Å². The third kappa shape index (κ3) is 4.33. The molecule has 1 heterocycles. The summed E-state index contributed by atoms with van der Waals surface area (Å²) in [6, 6.07) is 4.07. The zero-order valence-corrected chi connectivity index (χ0v) is 15.2. The molecule has 3 rings (SSSR count). The summed E-state index contributed by atoms with van der Waals surface area (Å²) in [4.78, 5) is 12.3. The van der Waals surface area contributed by atoms with E-state index in [9.17, 15) is 18.3 Å². The maximum atomic E-state index is 12.6. The Kier molecular flexibility index (Phi) is 5.64. The fraction of sp³-hybridized carbons (Fsp3) is 0.611. The molecule has 0 radical (unpaired) electrons. The molecule has 0 spiro atoms. The van der Waals surface area contributed by atoms with Crippen LogP contribution in [-0.2, 0) is 14.8 Å². The molecular formula is C18H26N2O4S. The van der Waals surface area contributed by atoms with E-state index in [1.54, 1.807) is 0 Å². The monoisotopic (exact) mass is 366 g/mol. The lowest BCUT2D eigenvalue weighted by molar-refractivity contribution is -0.116. The molecule has 1 aliphatic carbocycles. The Hall–Kier alpha value is -1.60. The van der Waals surface area contributed by atoms with Crippen molar-refractivity contribution in [3.05, 3.63) is 18.2 Å². The number of phenols is 1. The number of phenolic OH excluding ortho intramolecular Hbond substituents is 1. The number of hydrogen-bond donors (Lipinski definition) is 2. The first-order valence-electron chi connectivity index (χ1n) is 9.10. The second kappa shape index (κ2) is 7.74. The molecule has 1 saturated heterocycles. The lowest BCUT2D eigenvalue weighted by atomic mass is 10.0. The van der Waals surface area contributed by atoms with Gasteiger partial charge in [0.2, 0.25) is 15.9 Å². The van der Waals surface area contributed by atoms with E-state index in [4.69, 9.17) is 0 Å². The number of rotatable bonds is 6. The van der Waals surface area contributed by atoms with Crippen molar-refractivity contribution in [1.82, 2.24) is 4.31 Å². The van der Waals surface area contributed by atoms with Gasteiger partial charge in [-0.1, -0.05) is 25.7 Å². The van der Waals surface area contributed by atoms with Crippen LogP contribution in [-0.4, -0.2) is 36.8 Å². The third-order valence-electron chi connectivity index (χ3n) is 5.20. The highest BCUT2D eigenvalue weighted by Crippen LogP contribution is 2.31. The van der Waals surface area contributed by atoms with Gasteiger partial charge in [-0.3, -0.25) is 4.79 Å². The second-order valence-electron chi connectivity index (χ2n) is 7.03. The van der Waals surface area contributed by atoms with Crippen LogP contribution in [0.2, 0.25) is 0 Å². The topological polar surface area (TPSA) is 86.7 Å². The van der Waals surface area contributed by atoms with Crippen LogP contribution in [0.15, 0.2) is 23.1 Å². The quantitative estimate of drug-likeness (QED) is 0.758. The highest BCUT2D eigenvalue weighted by molar-refractivity contribution is 7.89. The van der Waals surface area contributed by atoms with Crippen LogP contribution in [0.5, 0.6) is 5.75 Å². The van der Waals surface area contributed by atoms with E-state index in [2.05, 4.69) is 5.32 Å². The minimum absolute atomic E-state index is 0.110. The highest BCUT2D eigenvalue weighted by atomic mass is 32.2. The molecule has 0 bridgehead atoms. The van der Waals surface area contributed by atoms with E-state index >= 15 is 0 Å². The van der Waals surface area contributed by atoms with E-state index < -0.39 is 10.0 Å². The number of sulfonamides is 1. The predicted molar refractivity (Wildman–Crippen MR) is 95.9 cm³/mol. The molecule has 2 N–H and O–H groups in total. The molecule has 1 amide bonds. The molecule has 0 unspecified atom stereocenters. The van der Waals surface area contributed by atoms with Gasteiger partial charge in [-0.15, -0.1) is 0 Å². The van der Waals surface area contributed by atoms with E-state index in [1.807, 2.05) is 0 Å². The van der Waals surface area contributed by atoms with E-state index in [-0.39, 0.29) is 22.2 Å². The largest absolute Gasteiger partial charge is 0.506 e. The van der Waals surface area contributed by atoms with Crippen molar-refractivity contribution < 1.29 is 18.3 Å². The van der Waals surface area contributed by atoms with Crippen molar-refractivity contribution in [1.29, 1.82) is 0 Å². The number of carbonyl (C=O) groups excluding carboxylic acids is 1. The fourth-order valence-electron chi connectivity index (χ4n) is 3.70. The first kappa shape index (κ1) is 18.2. The number of nitrogens with one attached hydrogen (secondary N) is 1. The van der Waals surface area contributed by atoms with Gasteiger partial charge in [-0.2, -0.15) is 4.31 Å². The molecule has 0 aromatic heterocycles. The van der Waals surface area contributed by atoms with Crippen molar-refractivity contribution in [2.75, 3.05) is 18.4 Å². The Morgan fingerprint density at radius 1 is 1.16 bits per heavy atom. The molecule has 1 aliphatic heterocycles. The molecule has 1 aromatic rings. The summed E-state index contributed by atoms with van der Waals surface area (Å²) in [5, 5.41) is 12.6. The van der Waals surface area contributed by atoms with Crippen molar-refractivity contribution in [2.45, 2.75) is 56.3 Å². The number of hydrogen-bond acceptors (Lipinski definition) is 4. The van der Waals surface area contributed by atoms with Gasteiger partial charge < -0.3 is 10.4 Å². The number of carbonyl (C=O) groups is 1. The van der Waals surface area contributed by atoms with Crippen LogP contribution >= 0.6 is 0 Å². The summed E-state index contributed by atoms with van der Waals surface area (Å²) < 4.78 is 26.7. The number of nitrogens with zero attached hydrogens (tertiary/aromatic N) is 1. The Bertz CT molecular complexity index is 721. The molecule has 2 aliphatic rings. The first-order valence-corrected chi connectivity index (χ1v) is 10.5. The summed E-state index contributed by atoms with van der Waals surface area (Å²) in [6.07, 6.45) is 7.81. The minimum atomic E-state index is -3.57. The van der Waals surface area contributed by atoms with Crippen molar-refractivity contribution in [2.24, 2.45) is 5.92 Å². The maximum Gasteiger partial charge on any atom is 0.243 e. The normalized spacial score (nSPS) is 19.4. The van der Waals surface area contributed by atoms with Gasteiger partial charge in [0.25, 0.3) is 0 Å². The van der Waals surface area contributed by atoms with E-state index in [1.165, 1.54) is 48.2 Å². The number of aromatic hydroxyl groups is 1. The van der Waals surface area contributed by atoms with Crippen LogP contribution in [0.4, 0.5) is 5.69 Å². The molecule has 7 heteroatoms. The minimum Gasteiger partial charge on any atom is -0.506 e. The average Bonchev–Trinajstić information content (AvgIpc) is 3.28. The zero-order valence-electron chi connectivity index (χ0n) is 14.4. The number of anilines is 1. The first-order chi connectivity index (χ1) is 12.0. The summed E-state index contributed by atoms with van der Waals surface area (Å²) >= 11 is 0. The Labute approximate surface area is 149 Å². The number of amides is 1. The Morgan fingerprint density at radius 3 is 2.52 bits per heavy atom. The predicted octanol–water partition coefficient (Wildman–Crippen LogP) is 3.09. The van der Waals surface area contributed by atoms with Crippen LogP contribution in [0, 0.1) is 5.92 Å². The van der Waals surface area contributed by atoms with E-state index in [0.717, 1.165) is 19.3 Å². The Morgan fingerprint density at radius 2 is 1.84 bits per heavy atom. The molecular weight excluding hydrogens is 340 g/mol. The molecule has 138 valence electrons. The summed E-state index contributed by atoms with van der Waals surface area (Å²) in [5.41, 5.74) is 0.164. The lowest BCUT2D eigenvalue weighted by Gasteiger charge is -2.17. The maximum absolute atomic E-state index is 12.6. The fourth-order valence-corrected chi connectivity index (χ4v) is 5.24. The highest BCUT2D eigenvalue weighted by Gasteiger charge is 2.28. The summed E-state index contributed by atoms with van der Waals surface area (Å²) in [6.45, 7) is 1.04. The summed E-state index contributed by atoms with van der Waals surface area (Å²) in [7, 11) is -3.57. The molecule has 6 nitrogen and oxygen atoms in total. The zero-order chi connectivity index (χ0) is 17.9. The van der Waals surface area contributed by atoms with Gasteiger partial charge in [0.1, 0.15) is 5.75 Å². The van der Waals surface area contributed by atoms with Gasteiger partial charge >= 0.3 is 0 Å². The number of benzene rings is 1. The van der Waals surface area contributed by atoms with E-state index in [0.29, 0.717) is 25.4 Å². The smallest absolute Gasteiger partial charge is 0.243 e. The summed E-state index contributed by atoms with van der Waals surface area (Å²) in [5.74, 6) is 0.314. The van der Waals surface area contributed by atoms with Gasteiger partial charge in [-0.25, -0.2) is 8.42 Å².